The van der Waals surface area contributed by atoms with Crippen molar-refractivity contribution >= 4 is 41.0 Å². The summed E-state index contributed by atoms with van der Waals surface area (Å²) in [6.45, 7) is 9.47. The van der Waals surface area contributed by atoms with Gasteiger partial charge in [-0.2, -0.15) is 0 Å². The van der Waals surface area contributed by atoms with Crippen molar-refractivity contribution in [3.63, 3.8) is 0 Å². The summed E-state index contributed by atoms with van der Waals surface area (Å²) in [4.78, 5) is 42.7. The van der Waals surface area contributed by atoms with Gasteiger partial charge in [-0.05, 0) is 19.4 Å². The monoisotopic (exact) mass is 480 g/mol. The van der Waals surface area contributed by atoms with Gasteiger partial charge in [0.15, 0.2) is 5.16 Å². The van der Waals surface area contributed by atoms with Crippen molar-refractivity contribution in [2.45, 2.75) is 37.8 Å². The summed E-state index contributed by atoms with van der Waals surface area (Å²) in [7, 11) is 0. The van der Waals surface area contributed by atoms with Crippen molar-refractivity contribution < 1.29 is 9.59 Å². The highest BCUT2D eigenvalue weighted by Gasteiger charge is 2.30. The van der Waals surface area contributed by atoms with Crippen LogP contribution in [0.3, 0.4) is 0 Å². The van der Waals surface area contributed by atoms with Crippen molar-refractivity contribution in [3.8, 4) is 0 Å². The maximum absolute atomic E-state index is 12.7. The van der Waals surface area contributed by atoms with Gasteiger partial charge in [-0.15, -0.1) is 0 Å². The van der Waals surface area contributed by atoms with Gasteiger partial charge in [0.05, 0.1) is 5.75 Å². The van der Waals surface area contributed by atoms with Crippen molar-refractivity contribution in [1.82, 2.24) is 24.7 Å². The van der Waals surface area contributed by atoms with E-state index in [0.717, 1.165) is 64.5 Å². The molecule has 4 rings (SSSR count). The Morgan fingerprint density at radius 2 is 1.66 bits per heavy atom. The minimum absolute atomic E-state index is 0.120. The molecule has 0 bridgehead atoms. The second kappa shape index (κ2) is 11.0. The number of thioether (sulfide) groups is 1. The molecule has 0 aromatic carbocycles. The highest BCUT2D eigenvalue weighted by atomic mass is 35.5. The zero-order valence-electron chi connectivity index (χ0n) is 18.8. The number of piperazine rings is 2. The predicted molar refractivity (Wildman–Crippen MR) is 127 cm³/mol. The number of aromatic nitrogens is 2. The Morgan fingerprint density at radius 3 is 2.31 bits per heavy atom. The molecule has 8 nitrogen and oxygen atoms in total. The minimum Gasteiger partial charge on any atom is -0.353 e. The van der Waals surface area contributed by atoms with Gasteiger partial charge in [-0.1, -0.05) is 43.1 Å². The second-order valence-corrected chi connectivity index (χ2v) is 10.1. The first-order valence-electron chi connectivity index (χ1n) is 11.7. The molecular formula is C22H33ClN6O2S. The normalized spacial score (nSPS) is 20.8. The van der Waals surface area contributed by atoms with E-state index in [1.54, 1.807) is 6.07 Å². The molecule has 0 atom stereocenters. The van der Waals surface area contributed by atoms with E-state index in [4.69, 9.17) is 11.6 Å². The van der Waals surface area contributed by atoms with Crippen molar-refractivity contribution in [3.05, 3.63) is 11.2 Å². The number of hydrogen-bond acceptors (Lipinski definition) is 7. The van der Waals surface area contributed by atoms with Crippen molar-refractivity contribution in [1.29, 1.82) is 0 Å². The van der Waals surface area contributed by atoms with Crippen LogP contribution in [0.2, 0.25) is 5.15 Å². The molecule has 176 valence electrons. The number of nitrogens with zero attached hydrogens (tertiary/aromatic N) is 6. The van der Waals surface area contributed by atoms with Crippen LogP contribution in [0.5, 0.6) is 0 Å². The third-order valence-electron chi connectivity index (χ3n) is 6.78. The highest BCUT2D eigenvalue weighted by Crippen LogP contribution is 2.28. The quantitative estimate of drug-likeness (QED) is 0.351. The van der Waals surface area contributed by atoms with Gasteiger partial charge in [0.25, 0.3) is 0 Å². The molecule has 1 saturated carbocycles. The summed E-state index contributed by atoms with van der Waals surface area (Å²) in [5, 5.41) is 0.906. The molecule has 1 aromatic rings. The lowest BCUT2D eigenvalue weighted by atomic mass is 10.1. The number of rotatable bonds is 6. The molecule has 2 saturated heterocycles. The Balaban J connectivity index is 1.29. The van der Waals surface area contributed by atoms with Crippen molar-refractivity contribution in [2.75, 3.05) is 69.6 Å². The fraction of sp³-hybridized carbons (Fsp3) is 0.727. The summed E-state index contributed by atoms with van der Waals surface area (Å²) in [6, 6.07) is 1.77. The van der Waals surface area contributed by atoms with E-state index in [1.165, 1.54) is 24.6 Å². The van der Waals surface area contributed by atoms with Crippen LogP contribution in [0, 0.1) is 5.92 Å². The fourth-order valence-corrected chi connectivity index (χ4v) is 5.71. The number of carbonyl (C=O) groups excluding carboxylic acids is 2. The van der Waals surface area contributed by atoms with Crippen LogP contribution in [-0.4, -0.2) is 101 Å². The smallest absolute Gasteiger partial charge is 0.233 e. The molecule has 2 aliphatic heterocycles. The molecule has 1 aliphatic carbocycles. The van der Waals surface area contributed by atoms with Gasteiger partial charge >= 0.3 is 0 Å². The molecule has 3 aliphatic rings. The molecule has 32 heavy (non-hydrogen) atoms. The molecule has 0 N–H and O–H groups in total. The highest BCUT2D eigenvalue weighted by molar-refractivity contribution is 7.99. The van der Waals surface area contributed by atoms with E-state index in [9.17, 15) is 9.59 Å². The Kier molecular flexibility index (Phi) is 8.12. The Hall–Kier alpha value is -1.58. The number of hydrogen-bond donors (Lipinski definition) is 0. The van der Waals surface area contributed by atoms with Crippen LogP contribution in [0.25, 0.3) is 0 Å². The van der Waals surface area contributed by atoms with E-state index >= 15 is 0 Å². The third-order valence-corrected chi connectivity index (χ3v) is 7.80. The van der Waals surface area contributed by atoms with Gasteiger partial charge in [0.1, 0.15) is 11.0 Å². The maximum atomic E-state index is 12.7. The lowest BCUT2D eigenvalue weighted by Crippen LogP contribution is -2.50. The number of halogens is 1. The number of anilines is 1. The zero-order chi connectivity index (χ0) is 22.5. The van der Waals surface area contributed by atoms with Crippen LogP contribution in [-0.2, 0) is 9.59 Å². The van der Waals surface area contributed by atoms with Crippen LogP contribution in [0.1, 0.15) is 32.6 Å². The number of amides is 2. The van der Waals surface area contributed by atoms with Crippen LogP contribution in [0.15, 0.2) is 11.2 Å². The molecule has 3 fully saturated rings. The molecule has 0 unspecified atom stereocenters. The number of likely N-dealkylation sites (N-methyl/N-ethyl adjacent to an activating group) is 1. The Labute approximate surface area is 199 Å². The minimum atomic E-state index is 0.120. The van der Waals surface area contributed by atoms with Crippen molar-refractivity contribution in [2.24, 2.45) is 5.92 Å². The molecule has 2 amide bonds. The van der Waals surface area contributed by atoms with Gasteiger partial charge in [0.2, 0.25) is 11.8 Å². The summed E-state index contributed by atoms with van der Waals surface area (Å²) in [5.41, 5.74) is 0. The van der Waals surface area contributed by atoms with Gasteiger partial charge in [-0.3, -0.25) is 9.59 Å². The topological polar surface area (TPSA) is 72.9 Å². The Morgan fingerprint density at radius 1 is 1.00 bits per heavy atom. The van der Waals surface area contributed by atoms with Crippen LogP contribution < -0.4 is 4.90 Å². The summed E-state index contributed by atoms with van der Waals surface area (Å²) in [6.07, 6.45) is 4.42. The van der Waals surface area contributed by atoms with E-state index < -0.39 is 0 Å². The fourth-order valence-electron chi connectivity index (χ4n) is 4.73. The molecule has 0 spiro atoms. The third kappa shape index (κ3) is 5.85. The van der Waals surface area contributed by atoms with E-state index in [2.05, 4.69) is 26.7 Å². The summed E-state index contributed by atoms with van der Waals surface area (Å²) >= 11 is 7.61. The zero-order valence-corrected chi connectivity index (χ0v) is 20.4. The molecule has 3 heterocycles. The molecule has 10 heteroatoms. The average Bonchev–Trinajstić information content (AvgIpc) is 3.37. The van der Waals surface area contributed by atoms with Crippen LogP contribution >= 0.6 is 23.4 Å². The molecule has 1 aromatic heterocycles. The predicted octanol–water partition coefficient (Wildman–Crippen LogP) is 2.22. The lowest BCUT2D eigenvalue weighted by Gasteiger charge is -2.36. The van der Waals surface area contributed by atoms with E-state index in [1.807, 2.05) is 9.80 Å². The largest absolute Gasteiger partial charge is 0.353 e. The van der Waals surface area contributed by atoms with Gasteiger partial charge in [-0.25, -0.2) is 9.97 Å². The van der Waals surface area contributed by atoms with E-state index in [0.29, 0.717) is 35.1 Å². The summed E-state index contributed by atoms with van der Waals surface area (Å²) < 4.78 is 0. The first-order valence-corrected chi connectivity index (χ1v) is 13.1. The summed E-state index contributed by atoms with van der Waals surface area (Å²) in [5.74, 6) is 1.74. The van der Waals surface area contributed by atoms with E-state index in [-0.39, 0.29) is 11.8 Å². The standard InChI is InChI=1S/C22H33ClN6O2S/c1-2-26-7-9-28(10-8-26)20(30)16-32-22-24-18(23)15-19(25-22)27-11-13-29(14-12-27)21(31)17-5-3-4-6-17/h15,17H,2-14,16H2,1H3. The maximum Gasteiger partial charge on any atom is 0.233 e. The molecular weight excluding hydrogens is 448 g/mol. The first-order chi connectivity index (χ1) is 15.5. The van der Waals surface area contributed by atoms with Crippen LogP contribution in [0.4, 0.5) is 5.82 Å². The average molecular weight is 481 g/mol. The van der Waals surface area contributed by atoms with Gasteiger partial charge in [0, 0.05) is 64.3 Å². The second-order valence-electron chi connectivity index (χ2n) is 8.73. The molecule has 0 radical (unpaired) electrons. The first kappa shape index (κ1) is 23.6. The Bertz CT molecular complexity index is 806. The lowest BCUT2D eigenvalue weighted by molar-refractivity contribution is -0.135. The SMILES string of the molecule is CCN1CCN(C(=O)CSc2nc(Cl)cc(N3CCN(C(=O)C4CCCC4)CC3)n2)CC1. The number of carbonyl (C=O) groups is 2. The van der Waals surface area contributed by atoms with Gasteiger partial charge < -0.3 is 19.6 Å².